The van der Waals surface area contributed by atoms with E-state index in [1.165, 1.54) is 5.06 Å². The normalized spacial score (nSPS) is 11.3. The second-order valence-electron chi connectivity index (χ2n) is 2.90. The molecule has 0 radical (unpaired) electrons. The summed E-state index contributed by atoms with van der Waals surface area (Å²) in [4.78, 5) is 0. The van der Waals surface area contributed by atoms with Gasteiger partial charge in [0.05, 0.1) is 0 Å². The molecule has 0 saturated heterocycles. The van der Waals surface area contributed by atoms with Crippen LogP contribution in [0, 0.1) is 0 Å². The van der Waals surface area contributed by atoms with Crippen molar-refractivity contribution < 1.29 is 5.21 Å². The number of rotatable bonds is 4. The Morgan fingerprint density at radius 1 is 1.31 bits per heavy atom. The molecule has 1 aromatic rings. The first kappa shape index (κ1) is 9.96. The summed E-state index contributed by atoms with van der Waals surface area (Å²) in [6.07, 6.45) is 3.84. The summed E-state index contributed by atoms with van der Waals surface area (Å²) in [5, 5.41) is 10.7. The van der Waals surface area contributed by atoms with E-state index in [2.05, 4.69) is 0 Å². The molecule has 1 rings (SSSR count). The maximum Gasteiger partial charge on any atom is 0.0492 e. The first-order valence-electron chi connectivity index (χ1n) is 4.42. The van der Waals surface area contributed by atoms with Gasteiger partial charge in [-0.25, -0.2) is 0 Å². The third kappa shape index (κ3) is 3.87. The van der Waals surface area contributed by atoms with Crippen molar-refractivity contribution in [1.82, 2.24) is 5.06 Å². The minimum absolute atomic E-state index is 0.575. The lowest BCUT2D eigenvalue weighted by Gasteiger charge is -2.11. The molecule has 0 bridgehead atoms. The minimum atomic E-state index is 0.575. The van der Waals surface area contributed by atoms with Gasteiger partial charge in [-0.1, -0.05) is 42.5 Å². The van der Waals surface area contributed by atoms with Gasteiger partial charge in [0.2, 0.25) is 0 Å². The van der Waals surface area contributed by atoms with Gasteiger partial charge in [-0.05, 0) is 12.5 Å². The zero-order valence-electron chi connectivity index (χ0n) is 7.85. The maximum atomic E-state index is 9.42. The Morgan fingerprint density at radius 2 is 2.00 bits per heavy atom. The molecule has 0 unspecified atom stereocenters. The average molecular weight is 177 g/mol. The number of allylic oxidation sites excluding steroid dienone is 1. The monoisotopic (exact) mass is 177 g/mol. The molecule has 0 atom stereocenters. The number of benzene rings is 1. The van der Waals surface area contributed by atoms with Gasteiger partial charge in [-0.3, -0.25) is 0 Å². The predicted octanol–water partition coefficient (Wildman–Crippen LogP) is 2.45. The van der Waals surface area contributed by atoms with Crippen LogP contribution >= 0.6 is 0 Å². The van der Waals surface area contributed by atoms with Crippen LogP contribution in [0.15, 0.2) is 42.5 Å². The Kier molecular flexibility index (Phi) is 4.23. The Balaban J connectivity index is 2.40. The van der Waals surface area contributed by atoms with Gasteiger partial charge in [0, 0.05) is 13.1 Å². The molecule has 2 nitrogen and oxygen atoms in total. The van der Waals surface area contributed by atoms with E-state index >= 15 is 0 Å². The van der Waals surface area contributed by atoms with E-state index in [1.807, 2.05) is 49.4 Å². The van der Waals surface area contributed by atoms with Gasteiger partial charge >= 0.3 is 0 Å². The first-order chi connectivity index (χ1) is 6.33. The fraction of sp³-hybridized carbons (Fsp3) is 0.273. The molecule has 0 amide bonds. The van der Waals surface area contributed by atoms with Crippen LogP contribution < -0.4 is 0 Å². The molecule has 0 aliphatic heterocycles. The Morgan fingerprint density at radius 3 is 2.62 bits per heavy atom. The lowest BCUT2D eigenvalue weighted by atomic mass is 10.2. The standard InChI is InChI=1S/C11H15NO/c1-2-3-9-12(13)10-11-7-5-4-6-8-11/h2-8,13H,9-10H2,1H3/b3-2+. The molecule has 13 heavy (non-hydrogen) atoms. The van der Waals surface area contributed by atoms with Crippen LogP contribution in [-0.4, -0.2) is 16.8 Å². The summed E-state index contributed by atoms with van der Waals surface area (Å²) in [6, 6.07) is 9.91. The quantitative estimate of drug-likeness (QED) is 0.564. The van der Waals surface area contributed by atoms with Crippen LogP contribution in [-0.2, 0) is 6.54 Å². The smallest absolute Gasteiger partial charge is 0.0492 e. The van der Waals surface area contributed by atoms with Crippen LogP contribution in [0.2, 0.25) is 0 Å². The highest BCUT2D eigenvalue weighted by Crippen LogP contribution is 2.01. The predicted molar refractivity (Wildman–Crippen MR) is 53.5 cm³/mol. The van der Waals surface area contributed by atoms with Gasteiger partial charge in [-0.15, -0.1) is 0 Å². The Labute approximate surface area is 79.1 Å². The van der Waals surface area contributed by atoms with Crippen molar-refractivity contribution in [2.45, 2.75) is 13.5 Å². The highest BCUT2D eigenvalue weighted by molar-refractivity contribution is 5.14. The third-order valence-electron chi connectivity index (χ3n) is 1.76. The van der Waals surface area contributed by atoms with E-state index in [-0.39, 0.29) is 0 Å². The third-order valence-corrected chi connectivity index (χ3v) is 1.76. The highest BCUT2D eigenvalue weighted by Gasteiger charge is 1.97. The van der Waals surface area contributed by atoms with Gasteiger partial charge in [0.15, 0.2) is 0 Å². The summed E-state index contributed by atoms with van der Waals surface area (Å²) >= 11 is 0. The molecule has 1 aromatic carbocycles. The van der Waals surface area contributed by atoms with Crippen molar-refractivity contribution in [3.8, 4) is 0 Å². The largest absolute Gasteiger partial charge is 0.313 e. The fourth-order valence-corrected chi connectivity index (χ4v) is 1.09. The molecule has 0 spiro atoms. The van der Waals surface area contributed by atoms with Gasteiger partial charge in [0.25, 0.3) is 0 Å². The highest BCUT2D eigenvalue weighted by atomic mass is 16.5. The fourth-order valence-electron chi connectivity index (χ4n) is 1.09. The molecule has 1 N–H and O–H groups in total. The molecule has 0 aromatic heterocycles. The van der Waals surface area contributed by atoms with Crippen molar-refractivity contribution in [2.75, 3.05) is 6.54 Å². The molecular formula is C11H15NO. The lowest BCUT2D eigenvalue weighted by Crippen LogP contribution is -2.18. The molecule has 0 saturated carbocycles. The van der Waals surface area contributed by atoms with Gasteiger partial charge in [0.1, 0.15) is 0 Å². The zero-order valence-corrected chi connectivity index (χ0v) is 7.85. The molecular weight excluding hydrogens is 162 g/mol. The molecule has 0 aliphatic rings. The van der Waals surface area contributed by atoms with Crippen molar-refractivity contribution in [3.05, 3.63) is 48.0 Å². The van der Waals surface area contributed by atoms with Crippen LogP contribution in [0.3, 0.4) is 0 Å². The zero-order chi connectivity index (χ0) is 9.52. The van der Waals surface area contributed by atoms with Crippen molar-refractivity contribution >= 4 is 0 Å². The second kappa shape index (κ2) is 5.51. The SMILES string of the molecule is C/C=C/CN(O)Cc1ccccc1. The summed E-state index contributed by atoms with van der Waals surface area (Å²) in [5.41, 5.74) is 1.12. The van der Waals surface area contributed by atoms with Crippen LogP contribution in [0.4, 0.5) is 0 Å². The number of nitrogens with zero attached hydrogens (tertiary/aromatic N) is 1. The molecule has 0 heterocycles. The van der Waals surface area contributed by atoms with E-state index in [9.17, 15) is 5.21 Å². The summed E-state index contributed by atoms with van der Waals surface area (Å²) in [5.74, 6) is 0. The lowest BCUT2D eigenvalue weighted by molar-refractivity contribution is -0.0887. The molecule has 70 valence electrons. The average Bonchev–Trinajstić information content (AvgIpc) is 2.16. The van der Waals surface area contributed by atoms with Gasteiger partial charge in [-0.2, -0.15) is 5.06 Å². The van der Waals surface area contributed by atoms with Crippen molar-refractivity contribution in [3.63, 3.8) is 0 Å². The Bertz CT molecular complexity index is 256. The van der Waals surface area contributed by atoms with Crippen molar-refractivity contribution in [1.29, 1.82) is 0 Å². The summed E-state index contributed by atoms with van der Waals surface area (Å²) in [7, 11) is 0. The van der Waals surface area contributed by atoms with Crippen molar-refractivity contribution in [2.24, 2.45) is 0 Å². The molecule has 0 fully saturated rings. The van der Waals surface area contributed by atoms with E-state index in [0.29, 0.717) is 13.1 Å². The Hall–Kier alpha value is -1.12. The van der Waals surface area contributed by atoms with E-state index in [0.717, 1.165) is 5.56 Å². The number of hydroxylamine groups is 2. The van der Waals surface area contributed by atoms with Crippen LogP contribution in [0.5, 0.6) is 0 Å². The first-order valence-corrected chi connectivity index (χ1v) is 4.42. The van der Waals surface area contributed by atoms with Crippen LogP contribution in [0.1, 0.15) is 12.5 Å². The van der Waals surface area contributed by atoms with E-state index < -0.39 is 0 Å². The topological polar surface area (TPSA) is 23.5 Å². The number of hydrogen-bond donors (Lipinski definition) is 1. The minimum Gasteiger partial charge on any atom is -0.313 e. The molecule has 0 aliphatic carbocycles. The summed E-state index contributed by atoms with van der Waals surface area (Å²) < 4.78 is 0. The van der Waals surface area contributed by atoms with E-state index in [1.54, 1.807) is 0 Å². The number of hydrogen-bond acceptors (Lipinski definition) is 2. The maximum absolute atomic E-state index is 9.42. The summed E-state index contributed by atoms with van der Waals surface area (Å²) in [6.45, 7) is 3.09. The molecule has 2 heteroatoms. The second-order valence-corrected chi connectivity index (χ2v) is 2.90. The van der Waals surface area contributed by atoms with Gasteiger partial charge < -0.3 is 5.21 Å². The van der Waals surface area contributed by atoms with Crippen LogP contribution in [0.25, 0.3) is 0 Å². The van der Waals surface area contributed by atoms with E-state index in [4.69, 9.17) is 0 Å².